The van der Waals surface area contributed by atoms with Crippen LogP contribution in [0.5, 0.6) is 0 Å². The first-order valence-corrected chi connectivity index (χ1v) is 10.5. The van der Waals surface area contributed by atoms with Gasteiger partial charge in [-0.1, -0.05) is 31.5 Å². The van der Waals surface area contributed by atoms with Crippen molar-refractivity contribution in [2.75, 3.05) is 13.9 Å². The molecule has 1 N–H and O–H groups in total. The quantitative estimate of drug-likeness (QED) is 0.434. The van der Waals surface area contributed by atoms with Gasteiger partial charge in [-0.15, -0.1) is 0 Å². The average Bonchev–Trinajstić information content (AvgIpc) is 3.19. The van der Waals surface area contributed by atoms with E-state index >= 15 is 0 Å². The summed E-state index contributed by atoms with van der Waals surface area (Å²) in [7, 11) is 1.57. The van der Waals surface area contributed by atoms with Gasteiger partial charge in [-0.2, -0.15) is 0 Å². The Morgan fingerprint density at radius 1 is 1.46 bits per heavy atom. The van der Waals surface area contributed by atoms with Gasteiger partial charge in [0.1, 0.15) is 13.0 Å². The Hall–Kier alpha value is -0.860. The number of hydrogen-bond donors (Lipinski definition) is 1. The first kappa shape index (κ1) is 19.9. The van der Waals surface area contributed by atoms with E-state index in [1.54, 1.807) is 12.0 Å². The number of amides is 1. The van der Waals surface area contributed by atoms with Gasteiger partial charge in [-0.3, -0.25) is 4.90 Å². The Morgan fingerprint density at radius 3 is 2.85 bits per heavy atom. The highest BCUT2D eigenvalue weighted by Gasteiger charge is 2.57. The molecular formula is C20H28INO4. The maximum atomic E-state index is 12.3. The molecule has 2 saturated carbocycles. The topological polar surface area (TPSA) is 59.0 Å². The van der Waals surface area contributed by atoms with E-state index in [1.807, 2.05) is 0 Å². The van der Waals surface area contributed by atoms with Gasteiger partial charge in [-0.05, 0) is 72.2 Å². The molecule has 2 fully saturated rings. The predicted octanol–water partition coefficient (Wildman–Crippen LogP) is 4.83. The third-order valence-electron chi connectivity index (χ3n) is 6.04. The van der Waals surface area contributed by atoms with Crippen molar-refractivity contribution in [2.45, 2.75) is 63.1 Å². The van der Waals surface area contributed by atoms with Gasteiger partial charge in [0.25, 0.3) is 0 Å². The molecule has 144 valence electrons. The van der Waals surface area contributed by atoms with E-state index in [9.17, 15) is 9.90 Å². The summed E-state index contributed by atoms with van der Waals surface area (Å²) in [5, 5.41) is 10.1. The molecule has 1 amide bonds. The molecule has 1 aromatic rings. The summed E-state index contributed by atoms with van der Waals surface area (Å²) in [6.45, 7) is 2.17. The van der Waals surface area contributed by atoms with E-state index in [0.29, 0.717) is 12.3 Å². The Kier molecular flexibility index (Phi) is 6.45. The zero-order valence-electron chi connectivity index (χ0n) is 15.5. The lowest BCUT2D eigenvalue weighted by molar-refractivity contribution is -0.140. The molecular weight excluding hydrogens is 445 g/mol. The van der Waals surface area contributed by atoms with Crippen LogP contribution in [-0.2, 0) is 14.9 Å². The average molecular weight is 473 g/mol. The van der Waals surface area contributed by atoms with Gasteiger partial charge in [0, 0.05) is 22.1 Å². The highest BCUT2D eigenvalue weighted by molar-refractivity contribution is 14.1. The van der Waals surface area contributed by atoms with E-state index in [-0.39, 0.29) is 18.2 Å². The maximum absolute atomic E-state index is 12.3. The van der Waals surface area contributed by atoms with E-state index in [4.69, 9.17) is 9.47 Å². The lowest BCUT2D eigenvalue weighted by Crippen LogP contribution is -2.55. The van der Waals surface area contributed by atoms with Crippen molar-refractivity contribution in [3.05, 3.63) is 33.4 Å². The molecule has 0 saturated heterocycles. The molecule has 4 atom stereocenters. The largest absolute Gasteiger partial charge is 0.465 e. The number of benzene rings is 1. The van der Waals surface area contributed by atoms with Crippen LogP contribution in [0.3, 0.4) is 0 Å². The van der Waals surface area contributed by atoms with Crippen LogP contribution in [0.4, 0.5) is 4.79 Å². The van der Waals surface area contributed by atoms with Crippen molar-refractivity contribution >= 4 is 28.7 Å². The van der Waals surface area contributed by atoms with E-state index in [2.05, 4.69) is 53.8 Å². The third-order valence-corrected chi connectivity index (χ3v) is 6.98. The lowest BCUT2D eigenvalue weighted by Gasteiger charge is -2.44. The number of rotatable bonds is 8. The van der Waals surface area contributed by atoms with Crippen molar-refractivity contribution in [3.63, 3.8) is 0 Å². The van der Waals surface area contributed by atoms with Crippen LogP contribution in [0.2, 0.25) is 0 Å². The van der Waals surface area contributed by atoms with Crippen LogP contribution in [0.25, 0.3) is 0 Å². The fourth-order valence-electron chi connectivity index (χ4n) is 5.05. The molecule has 3 rings (SSSR count). The number of nitrogens with zero attached hydrogens (tertiary/aromatic N) is 1. The highest BCUT2D eigenvalue weighted by atomic mass is 127. The standard InChI is InChI=1S/C20H28INO4/c1-3-6-18(26-13-25-2)22(19(23)24)17-11-14-9-10-20(17,12-14)15-7-4-5-8-16(15)21/h4-5,7-8,14,17-18H,3,6,9-13H2,1-2H3,(H,23,24)/t14?,17-,18?,20-/m0/s1. The first-order valence-electron chi connectivity index (χ1n) is 9.40. The van der Waals surface area contributed by atoms with Gasteiger partial charge < -0.3 is 14.6 Å². The molecule has 6 heteroatoms. The van der Waals surface area contributed by atoms with E-state index < -0.39 is 12.3 Å². The minimum atomic E-state index is -0.887. The zero-order chi connectivity index (χ0) is 18.7. The smallest absolute Gasteiger partial charge is 0.409 e. The van der Waals surface area contributed by atoms with Crippen LogP contribution in [0.15, 0.2) is 24.3 Å². The van der Waals surface area contributed by atoms with Crippen LogP contribution in [0.1, 0.15) is 51.0 Å². The number of carbonyl (C=O) groups is 1. The van der Waals surface area contributed by atoms with E-state index in [1.165, 1.54) is 15.6 Å². The number of halogens is 1. The molecule has 0 aromatic heterocycles. The minimum Gasteiger partial charge on any atom is -0.465 e. The summed E-state index contributed by atoms with van der Waals surface area (Å²) in [6.07, 6.45) is 4.44. The molecule has 0 radical (unpaired) electrons. The molecule has 0 spiro atoms. The van der Waals surface area contributed by atoms with Crippen LogP contribution < -0.4 is 0 Å². The fraction of sp³-hybridized carbons (Fsp3) is 0.650. The molecule has 1 aromatic carbocycles. The summed E-state index contributed by atoms with van der Waals surface area (Å²) >= 11 is 2.39. The van der Waals surface area contributed by atoms with Crippen LogP contribution in [0, 0.1) is 9.49 Å². The summed E-state index contributed by atoms with van der Waals surface area (Å²) in [5.41, 5.74) is 1.21. The molecule has 2 aliphatic carbocycles. The van der Waals surface area contributed by atoms with Gasteiger partial charge in [0.05, 0.1) is 0 Å². The van der Waals surface area contributed by atoms with E-state index in [0.717, 1.165) is 25.7 Å². The second-order valence-electron chi connectivity index (χ2n) is 7.50. The second kappa shape index (κ2) is 8.44. The predicted molar refractivity (Wildman–Crippen MR) is 108 cm³/mol. The second-order valence-corrected chi connectivity index (χ2v) is 8.66. The molecule has 26 heavy (non-hydrogen) atoms. The lowest BCUT2D eigenvalue weighted by atomic mass is 9.73. The maximum Gasteiger partial charge on any atom is 0.409 e. The Bertz CT molecular complexity index is 640. The normalized spacial score (nSPS) is 28.3. The minimum absolute atomic E-state index is 0.0388. The van der Waals surface area contributed by atoms with Crippen molar-refractivity contribution in [1.82, 2.24) is 4.90 Å². The van der Waals surface area contributed by atoms with Gasteiger partial charge in [0.15, 0.2) is 0 Å². The Morgan fingerprint density at radius 2 is 2.23 bits per heavy atom. The van der Waals surface area contributed by atoms with Crippen molar-refractivity contribution in [1.29, 1.82) is 0 Å². The first-order chi connectivity index (χ1) is 12.5. The number of ether oxygens (including phenoxy) is 2. The number of hydrogen-bond acceptors (Lipinski definition) is 3. The SMILES string of the molecule is CCCC(OCOC)N(C(=O)O)[C@H]1CC2CC[C@@]1(c1ccccc1I)C2. The molecule has 2 unspecified atom stereocenters. The Labute approximate surface area is 169 Å². The van der Waals surface area contributed by atoms with Crippen LogP contribution >= 0.6 is 22.6 Å². The van der Waals surface area contributed by atoms with Crippen molar-refractivity contribution in [3.8, 4) is 0 Å². The third kappa shape index (κ3) is 3.60. The Balaban J connectivity index is 1.98. The molecule has 2 aliphatic rings. The molecule has 0 heterocycles. The summed E-state index contributed by atoms with van der Waals surface area (Å²) < 4.78 is 12.1. The van der Waals surface area contributed by atoms with Crippen molar-refractivity contribution in [2.24, 2.45) is 5.92 Å². The van der Waals surface area contributed by atoms with Gasteiger partial charge in [0.2, 0.25) is 0 Å². The van der Waals surface area contributed by atoms with Crippen molar-refractivity contribution < 1.29 is 19.4 Å². The molecule has 0 aliphatic heterocycles. The number of carboxylic acid groups (broad SMARTS) is 1. The fourth-order valence-corrected chi connectivity index (χ4v) is 5.97. The van der Waals surface area contributed by atoms with Gasteiger partial charge >= 0.3 is 6.09 Å². The summed E-state index contributed by atoms with van der Waals surface area (Å²) in [5.74, 6) is 0.600. The monoisotopic (exact) mass is 473 g/mol. The van der Waals surface area contributed by atoms with Crippen LogP contribution in [-0.4, -0.2) is 42.3 Å². The molecule has 5 nitrogen and oxygen atoms in total. The summed E-state index contributed by atoms with van der Waals surface area (Å²) in [6, 6.07) is 8.40. The van der Waals surface area contributed by atoms with Gasteiger partial charge in [-0.25, -0.2) is 4.79 Å². The molecule has 2 bridgehead atoms. The summed E-state index contributed by atoms with van der Waals surface area (Å²) in [4.78, 5) is 13.9. The zero-order valence-corrected chi connectivity index (χ0v) is 17.6. The number of fused-ring (bicyclic) bond motifs is 2. The number of methoxy groups -OCH3 is 1. The highest BCUT2D eigenvalue weighted by Crippen LogP contribution is 2.58.